The fraction of sp³-hybridized carbons (Fsp3) is 0.571. The van der Waals surface area contributed by atoms with Crippen molar-refractivity contribution >= 4 is 0 Å². The van der Waals surface area contributed by atoms with Gasteiger partial charge in [-0.1, -0.05) is 18.2 Å². The summed E-state index contributed by atoms with van der Waals surface area (Å²) in [5.74, 6) is 1.05. The van der Waals surface area contributed by atoms with Gasteiger partial charge in [0.15, 0.2) is 0 Å². The van der Waals surface area contributed by atoms with Gasteiger partial charge in [-0.05, 0) is 45.5 Å². The molecule has 3 nitrogen and oxygen atoms in total. The minimum Gasteiger partial charge on any atom is -0.493 e. The summed E-state index contributed by atoms with van der Waals surface area (Å²) < 4.78 is 5.79. The number of para-hydroxylation sites is 1. The van der Waals surface area contributed by atoms with Crippen LogP contribution in [0.1, 0.15) is 30.0 Å². The first-order valence-electron chi connectivity index (χ1n) is 6.33. The summed E-state index contributed by atoms with van der Waals surface area (Å²) >= 11 is 0. The topological polar surface area (TPSA) is 38.5 Å². The van der Waals surface area contributed by atoms with Crippen molar-refractivity contribution in [3.63, 3.8) is 0 Å². The third kappa shape index (κ3) is 2.99. The normalized spacial score (nSPS) is 16.5. The standard InChI is InChI=1S/C14H22N2O/c1-16(2)9-8-13(15)12-7-3-5-11-6-4-10-17-14(11)12/h3,5,7,13H,4,6,8-10,15H2,1-2H3. The Morgan fingerprint density at radius 3 is 3.00 bits per heavy atom. The maximum absolute atomic E-state index is 6.26. The number of aryl methyl sites for hydroxylation is 1. The lowest BCUT2D eigenvalue weighted by atomic mass is 9.97. The molecule has 2 rings (SSSR count). The summed E-state index contributed by atoms with van der Waals surface area (Å²) in [4.78, 5) is 2.16. The summed E-state index contributed by atoms with van der Waals surface area (Å²) in [5, 5.41) is 0. The Balaban J connectivity index is 2.14. The van der Waals surface area contributed by atoms with Gasteiger partial charge < -0.3 is 15.4 Å². The molecule has 2 N–H and O–H groups in total. The van der Waals surface area contributed by atoms with E-state index >= 15 is 0 Å². The third-order valence-corrected chi connectivity index (χ3v) is 3.25. The Hall–Kier alpha value is -1.06. The molecule has 0 aromatic heterocycles. The van der Waals surface area contributed by atoms with Gasteiger partial charge in [0, 0.05) is 11.6 Å². The molecule has 17 heavy (non-hydrogen) atoms. The van der Waals surface area contributed by atoms with E-state index in [4.69, 9.17) is 10.5 Å². The summed E-state index contributed by atoms with van der Waals surface area (Å²) in [6.45, 7) is 1.83. The van der Waals surface area contributed by atoms with Crippen LogP contribution in [0.3, 0.4) is 0 Å². The van der Waals surface area contributed by atoms with Gasteiger partial charge in [-0.3, -0.25) is 0 Å². The minimum absolute atomic E-state index is 0.0745. The zero-order valence-electron chi connectivity index (χ0n) is 10.8. The second-order valence-electron chi connectivity index (χ2n) is 4.99. The molecule has 1 heterocycles. The predicted molar refractivity (Wildman–Crippen MR) is 70.4 cm³/mol. The van der Waals surface area contributed by atoms with E-state index in [1.807, 2.05) is 0 Å². The highest BCUT2D eigenvalue weighted by Crippen LogP contribution is 2.33. The maximum atomic E-state index is 6.26. The van der Waals surface area contributed by atoms with Crippen LogP contribution in [-0.2, 0) is 6.42 Å². The van der Waals surface area contributed by atoms with Crippen molar-refractivity contribution < 1.29 is 4.74 Å². The summed E-state index contributed by atoms with van der Waals surface area (Å²) in [6.07, 6.45) is 3.19. The molecule has 3 heteroatoms. The zero-order valence-corrected chi connectivity index (χ0v) is 10.8. The number of rotatable bonds is 4. The van der Waals surface area contributed by atoms with Crippen LogP contribution < -0.4 is 10.5 Å². The Kier molecular flexibility index (Phi) is 4.02. The molecule has 0 spiro atoms. The first-order chi connectivity index (χ1) is 8.18. The van der Waals surface area contributed by atoms with Crippen LogP contribution in [0.15, 0.2) is 18.2 Å². The third-order valence-electron chi connectivity index (χ3n) is 3.25. The van der Waals surface area contributed by atoms with Crippen LogP contribution in [0.25, 0.3) is 0 Å². The van der Waals surface area contributed by atoms with Gasteiger partial charge >= 0.3 is 0 Å². The molecule has 1 unspecified atom stereocenters. The van der Waals surface area contributed by atoms with Crippen molar-refractivity contribution in [2.45, 2.75) is 25.3 Å². The highest BCUT2D eigenvalue weighted by atomic mass is 16.5. The van der Waals surface area contributed by atoms with Crippen LogP contribution in [0.2, 0.25) is 0 Å². The van der Waals surface area contributed by atoms with E-state index in [2.05, 4.69) is 37.2 Å². The lowest BCUT2D eigenvalue weighted by molar-refractivity contribution is 0.281. The summed E-state index contributed by atoms with van der Waals surface area (Å²) in [5.41, 5.74) is 8.75. The molecule has 0 bridgehead atoms. The van der Waals surface area contributed by atoms with E-state index in [-0.39, 0.29) is 6.04 Å². The van der Waals surface area contributed by atoms with Crippen molar-refractivity contribution in [2.24, 2.45) is 5.73 Å². The number of benzene rings is 1. The summed E-state index contributed by atoms with van der Waals surface area (Å²) in [6, 6.07) is 6.42. The number of fused-ring (bicyclic) bond motifs is 1. The van der Waals surface area contributed by atoms with Gasteiger partial charge in [-0.15, -0.1) is 0 Å². The average Bonchev–Trinajstić information content (AvgIpc) is 2.35. The van der Waals surface area contributed by atoms with Crippen LogP contribution >= 0.6 is 0 Å². The molecule has 0 saturated heterocycles. The molecule has 1 atom stereocenters. The van der Waals surface area contributed by atoms with E-state index < -0.39 is 0 Å². The average molecular weight is 234 g/mol. The lowest BCUT2D eigenvalue weighted by Crippen LogP contribution is -2.21. The van der Waals surface area contributed by atoms with Gasteiger partial charge in [0.05, 0.1) is 6.61 Å². The van der Waals surface area contributed by atoms with E-state index in [9.17, 15) is 0 Å². The molecular weight excluding hydrogens is 212 g/mol. The molecule has 1 aliphatic rings. The number of nitrogens with zero attached hydrogens (tertiary/aromatic N) is 1. The van der Waals surface area contributed by atoms with Gasteiger partial charge in [-0.25, -0.2) is 0 Å². The van der Waals surface area contributed by atoms with Gasteiger partial charge in [0.25, 0.3) is 0 Å². The van der Waals surface area contributed by atoms with Crippen molar-refractivity contribution in [3.8, 4) is 5.75 Å². The van der Waals surface area contributed by atoms with Crippen molar-refractivity contribution in [2.75, 3.05) is 27.2 Å². The first kappa shape index (κ1) is 12.4. The Bertz CT molecular complexity index is 376. The van der Waals surface area contributed by atoms with Crippen LogP contribution in [0, 0.1) is 0 Å². The van der Waals surface area contributed by atoms with E-state index in [0.29, 0.717) is 0 Å². The van der Waals surface area contributed by atoms with Gasteiger partial charge in [-0.2, -0.15) is 0 Å². The van der Waals surface area contributed by atoms with Crippen molar-refractivity contribution in [1.29, 1.82) is 0 Å². The highest BCUT2D eigenvalue weighted by molar-refractivity contribution is 5.44. The SMILES string of the molecule is CN(C)CCC(N)c1cccc2c1OCCC2. The largest absolute Gasteiger partial charge is 0.493 e. The van der Waals surface area contributed by atoms with E-state index in [1.54, 1.807) is 0 Å². The fourth-order valence-corrected chi connectivity index (χ4v) is 2.26. The van der Waals surface area contributed by atoms with Crippen LogP contribution in [0.4, 0.5) is 0 Å². The first-order valence-corrected chi connectivity index (χ1v) is 6.33. The number of nitrogens with two attached hydrogens (primary N) is 1. The fourth-order valence-electron chi connectivity index (χ4n) is 2.26. The second-order valence-corrected chi connectivity index (χ2v) is 4.99. The maximum Gasteiger partial charge on any atom is 0.127 e. The quantitative estimate of drug-likeness (QED) is 0.865. The monoisotopic (exact) mass is 234 g/mol. The Labute approximate surface area is 104 Å². The molecule has 0 aliphatic carbocycles. The number of ether oxygens (including phenoxy) is 1. The molecule has 0 fully saturated rings. The number of hydrogen-bond donors (Lipinski definition) is 1. The molecule has 94 valence electrons. The molecule has 1 aromatic carbocycles. The van der Waals surface area contributed by atoms with Crippen molar-refractivity contribution in [3.05, 3.63) is 29.3 Å². The molecule has 0 amide bonds. The number of hydrogen-bond acceptors (Lipinski definition) is 3. The van der Waals surface area contributed by atoms with Crippen LogP contribution in [-0.4, -0.2) is 32.1 Å². The summed E-state index contributed by atoms with van der Waals surface area (Å²) in [7, 11) is 4.15. The minimum atomic E-state index is 0.0745. The van der Waals surface area contributed by atoms with E-state index in [1.165, 1.54) is 11.1 Å². The molecule has 1 aliphatic heterocycles. The molecular formula is C14H22N2O. The van der Waals surface area contributed by atoms with E-state index in [0.717, 1.165) is 38.2 Å². The molecule has 1 aromatic rings. The smallest absolute Gasteiger partial charge is 0.127 e. The lowest BCUT2D eigenvalue weighted by Gasteiger charge is -2.24. The van der Waals surface area contributed by atoms with Crippen molar-refractivity contribution in [1.82, 2.24) is 4.90 Å². The van der Waals surface area contributed by atoms with Gasteiger partial charge in [0.1, 0.15) is 5.75 Å². The Morgan fingerprint density at radius 1 is 1.41 bits per heavy atom. The zero-order chi connectivity index (χ0) is 12.3. The predicted octanol–water partition coefficient (Wildman–Crippen LogP) is 1.96. The molecule has 0 radical (unpaired) electrons. The molecule has 0 saturated carbocycles. The highest BCUT2D eigenvalue weighted by Gasteiger charge is 2.18. The van der Waals surface area contributed by atoms with Gasteiger partial charge in [0.2, 0.25) is 0 Å². The van der Waals surface area contributed by atoms with Crippen LogP contribution in [0.5, 0.6) is 5.75 Å². The second kappa shape index (κ2) is 5.52. The Morgan fingerprint density at radius 2 is 2.24 bits per heavy atom.